The summed E-state index contributed by atoms with van der Waals surface area (Å²) < 4.78 is 0. The molecule has 1 aromatic rings. The van der Waals surface area contributed by atoms with Crippen molar-refractivity contribution < 1.29 is 0 Å². The quantitative estimate of drug-likeness (QED) is 0.813. The van der Waals surface area contributed by atoms with E-state index >= 15 is 0 Å². The summed E-state index contributed by atoms with van der Waals surface area (Å²) in [5, 5.41) is 0. The minimum absolute atomic E-state index is 0.657. The molecule has 3 aliphatic carbocycles. The van der Waals surface area contributed by atoms with Crippen LogP contribution >= 0.6 is 0 Å². The van der Waals surface area contributed by atoms with E-state index in [2.05, 4.69) is 16.0 Å². The molecule has 1 aromatic heterocycles. The van der Waals surface area contributed by atoms with Gasteiger partial charge in [0, 0.05) is 24.7 Å². The Morgan fingerprint density at radius 2 is 1.80 bits per heavy atom. The van der Waals surface area contributed by atoms with Gasteiger partial charge in [0.05, 0.1) is 0 Å². The zero-order valence-corrected chi connectivity index (χ0v) is 12.3. The Kier molecular flexibility index (Phi) is 3.37. The molecule has 1 heterocycles. The zero-order valence-electron chi connectivity index (χ0n) is 12.3. The highest BCUT2D eigenvalue weighted by molar-refractivity contribution is 5.40. The second-order valence-corrected chi connectivity index (χ2v) is 6.93. The van der Waals surface area contributed by atoms with Crippen molar-refractivity contribution in [1.82, 2.24) is 9.97 Å². The third-order valence-electron chi connectivity index (χ3n) is 5.06. The summed E-state index contributed by atoms with van der Waals surface area (Å²) in [6.07, 6.45) is 14.3. The van der Waals surface area contributed by atoms with Gasteiger partial charge in [-0.1, -0.05) is 19.3 Å². The molecular formula is C17H25N3. The molecule has 3 saturated carbocycles. The van der Waals surface area contributed by atoms with Gasteiger partial charge in [-0.25, -0.2) is 9.97 Å². The van der Waals surface area contributed by atoms with E-state index in [0.29, 0.717) is 5.92 Å². The lowest BCUT2D eigenvalue weighted by Crippen LogP contribution is -2.39. The first-order valence-electron chi connectivity index (χ1n) is 8.50. The van der Waals surface area contributed by atoms with Crippen molar-refractivity contribution in [2.24, 2.45) is 5.92 Å². The van der Waals surface area contributed by atoms with Gasteiger partial charge in [-0.2, -0.15) is 0 Å². The van der Waals surface area contributed by atoms with Crippen LogP contribution in [0.4, 0.5) is 5.82 Å². The molecule has 0 bridgehead atoms. The SMILES string of the molecule is c1cc(N(CC2CC2)C2CCCCC2)nc(C2CC2)n1. The van der Waals surface area contributed by atoms with Crippen LogP contribution in [0.2, 0.25) is 0 Å². The van der Waals surface area contributed by atoms with Crippen LogP contribution in [-0.4, -0.2) is 22.6 Å². The van der Waals surface area contributed by atoms with Crippen LogP contribution in [0.25, 0.3) is 0 Å². The summed E-state index contributed by atoms with van der Waals surface area (Å²) in [7, 11) is 0. The third kappa shape index (κ3) is 2.82. The molecule has 3 fully saturated rings. The van der Waals surface area contributed by atoms with E-state index < -0.39 is 0 Å². The monoisotopic (exact) mass is 271 g/mol. The normalized spacial score (nSPS) is 23.8. The summed E-state index contributed by atoms with van der Waals surface area (Å²) >= 11 is 0. The highest BCUT2D eigenvalue weighted by Crippen LogP contribution is 2.39. The Morgan fingerprint density at radius 3 is 2.50 bits per heavy atom. The fraction of sp³-hybridized carbons (Fsp3) is 0.765. The third-order valence-corrected chi connectivity index (χ3v) is 5.06. The molecule has 3 aliphatic rings. The maximum atomic E-state index is 4.91. The molecule has 0 spiro atoms. The molecule has 3 heteroatoms. The molecule has 0 N–H and O–H groups in total. The van der Waals surface area contributed by atoms with Crippen LogP contribution < -0.4 is 4.90 Å². The fourth-order valence-corrected chi connectivity index (χ4v) is 3.46. The van der Waals surface area contributed by atoms with Gasteiger partial charge in [-0.3, -0.25) is 0 Å². The van der Waals surface area contributed by atoms with Gasteiger partial charge >= 0.3 is 0 Å². The van der Waals surface area contributed by atoms with Gasteiger partial charge < -0.3 is 4.90 Å². The fourth-order valence-electron chi connectivity index (χ4n) is 3.46. The number of nitrogens with zero attached hydrogens (tertiary/aromatic N) is 3. The van der Waals surface area contributed by atoms with Crippen LogP contribution in [0.15, 0.2) is 12.3 Å². The second-order valence-electron chi connectivity index (χ2n) is 6.93. The minimum Gasteiger partial charge on any atom is -0.353 e. The van der Waals surface area contributed by atoms with E-state index in [0.717, 1.165) is 17.8 Å². The highest BCUT2D eigenvalue weighted by atomic mass is 15.2. The average molecular weight is 271 g/mol. The summed E-state index contributed by atoms with van der Waals surface area (Å²) in [6, 6.07) is 2.87. The molecule has 0 radical (unpaired) electrons. The molecule has 0 aromatic carbocycles. The lowest BCUT2D eigenvalue weighted by atomic mass is 9.94. The maximum Gasteiger partial charge on any atom is 0.133 e. The van der Waals surface area contributed by atoms with Gasteiger partial charge in [0.15, 0.2) is 0 Å². The molecule has 20 heavy (non-hydrogen) atoms. The van der Waals surface area contributed by atoms with Crippen molar-refractivity contribution in [2.75, 3.05) is 11.4 Å². The largest absolute Gasteiger partial charge is 0.353 e. The Balaban J connectivity index is 1.56. The topological polar surface area (TPSA) is 29.0 Å². The summed E-state index contributed by atoms with van der Waals surface area (Å²) in [4.78, 5) is 12.0. The van der Waals surface area contributed by atoms with Crippen LogP contribution in [0, 0.1) is 5.92 Å². The van der Waals surface area contributed by atoms with Crippen LogP contribution in [0.3, 0.4) is 0 Å². The summed E-state index contributed by atoms with van der Waals surface area (Å²) in [5.41, 5.74) is 0. The van der Waals surface area contributed by atoms with Crippen LogP contribution in [0.5, 0.6) is 0 Å². The molecule has 0 atom stereocenters. The molecule has 108 valence electrons. The molecule has 4 rings (SSSR count). The molecular weight excluding hydrogens is 246 g/mol. The minimum atomic E-state index is 0.657. The second kappa shape index (κ2) is 5.34. The Labute approximate surface area is 121 Å². The van der Waals surface area contributed by atoms with Gasteiger partial charge in [-0.05, 0) is 50.5 Å². The highest BCUT2D eigenvalue weighted by Gasteiger charge is 2.31. The Bertz CT molecular complexity index is 459. The van der Waals surface area contributed by atoms with Gasteiger partial charge in [-0.15, -0.1) is 0 Å². The molecule has 0 aliphatic heterocycles. The lowest BCUT2D eigenvalue weighted by Gasteiger charge is -2.35. The van der Waals surface area contributed by atoms with Crippen molar-refractivity contribution in [2.45, 2.75) is 69.7 Å². The van der Waals surface area contributed by atoms with E-state index in [1.807, 2.05) is 6.20 Å². The Hall–Kier alpha value is -1.12. The van der Waals surface area contributed by atoms with Gasteiger partial charge in [0.2, 0.25) is 0 Å². The molecule has 0 unspecified atom stereocenters. The van der Waals surface area contributed by atoms with Crippen molar-refractivity contribution in [3.05, 3.63) is 18.1 Å². The predicted octanol–water partition coefficient (Wildman–Crippen LogP) is 3.90. The summed E-state index contributed by atoms with van der Waals surface area (Å²) in [5.74, 6) is 3.89. The average Bonchev–Trinajstić information content (AvgIpc) is 3.40. The number of hydrogen-bond acceptors (Lipinski definition) is 3. The van der Waals surface area contributed by atoms with E-state index in [-0.39, 0.29) is 0 Å². The van der Waals surface area contributed by atoms with Crippen molar-refractivity contribution in [3.8, 4) is 0 Å². The maximum absolute atomic E-state index is 4.91. The first-order valence-corrected chi connectivity index (χ1v) is 8.50. The van der Waals surface area contributed by atoms with Crippen molar-refractivity contribution in [3.63, 3.8) is 0 Å². The number of rotatable bonds is 5. The van der Waals surface area contributed by atoms with Gasteiger partial charge in [0.25, 0.3) is 0 Å². The standard InChI is InChI=1S/C17H25N3/c1-2-4-15(5-3-1)20(12-13-6-7-13)16-10-11-18-17(19-16)14-8-9-14/h10-11,13-15H,1-9,12H2. The predicted molar refractivity (Wildman–Crippen MR) is 81.0 cm³/mol. The van der Waals surface area contributed by atoms with Gasteiger partial charge in [0.1, 0.15) is 11.6 Å². The number of anilines is 1. The van der Waals surface area contributed by atoms with E-state index in [1.54, 1.807) is 0 Å². The lowest BCUT2D eigenvalue weighted by molar-refractivity contribution is 0.408. The molecule has 0 amide bonds. The van der Waals surface area contributed by atoms with Crippen molar-refractivity contribution in [1.29, 1.82) is 0 Å². The van der Waals surface area contributed by atoms with E-state index in [9.17, 15) is 0 Å². The molecule has 3 nitrogen and oxygen atoms in total. The Morgan fingerprint density at radius 1 is 1.00 bits per heavy atom. The first kappa shape index (κ1) is 12.6. The number of aromatic nitrogens is 2. The first-order chi connectivity index (χ1) is 9.90. The summed E-state index contributed by atoms with van der Waals surface area (Å²) in [6.45, 7) is 1.23. The van der Waals surface area contributed by atoms with Crippen LogP contribution in [0.1, 0.15) is 69.5 Å². The van der Waals surface area contributed by atoms with Crippen LogP contribution in [-0.2, 0) is 0 Å². The van der Waals surface area contributed by atoms with Crippen molar-refractivity contribution >= 4 is 5.82 Å². The zero-order chi connectivity index (χ0) is 13.4. The smallest absolute Gasteiger partial charge is 0.133 e. The van der Waals surface area contributed by atoms with E-state index in [4.69, 9.17) is 4.98 Å². The molecule has 0 saturated heterocycles. The number of hydrogen-bond donors (Lipinski definition) is 0. The van der Waals surface area contributed by atoms with E-state index in [1.165, 1.54) is 70.2 Å².